The van der Waals surface area contributed by atoms with Crippen LogP contribution in [0.3, 0.4) is 0 Å². The number of likely N-dealkylation sites (tertiary alicyclic amines) is 1. The van der Waals surface area contributed by atoms with Gasteiger partial charge in [-0.25, -0.2) is 4.79 Å². The molecule has 1 aromatic carbocycles. The normalized spacial score (nSPS) is 33.4. The van der Waals surface area contributed by atoms with Crippen molar-refractivity contribution in [2.24, 2.45) is 23.2 Å². The van der Waals surface area contributed by atoms with Gasteiger partial charge in [-0.15, -0.1) is 0 Å². The van der Waals surface area contributed by atoms with Gasteiger partial charge in [0, 0.05) is 13.1 Å². The van der Waals surface area contributed by atoms with Gasteiger partial charge in [-0.1, -0.05) is 30.3 Å². The first kappa shape index (κ1) is 20.5. The first-order chi connectivity index (χ1) is 15.0. The zero-order valence-corrected chi connectivity index (χ0v) is 18.1. The average Bonchev–Trinajstić information content (AvgIpc) is 3.25. The van der Waals surface area contributed by atoms with E-state index in [1.165, 1.54) is 19.3 Å². The predicted octanol–water partition coefficient (Wildman–Crippen LogP) is 3.05. The van der Waals surface area contributed by atoms with Crippen LogP contribution in [0.25, 0.3) is 0 Å². The highest BCUT2D eigenvalue weighted by Gasteiger charge is 2.57. The van der Waals surface area contributed by atoms with Gasteiger partial charge in [0.15, 0.2) is 6.61 Å². The van der Waals surface area contributed by atoms with Gasteiger partial charge in [-0.3, -0.25) is 9.59 Å². The lowest BCUT2D eigenvalue weighted by Crippen LogP contribution is -2.56. The maximum Gasteiger partial charge on any atom is 0.329 e. The fraction of sp³-hybridized carbons (Fsp3) is 0.640. The summed E-state index contributed by atoms with van der Waals surface area (Å²) in [6.07, 6.45) is 8.30. The Bertz CT molecular complexity index is 817. The highest BCUT2D eigenvalue weighted by Crippen LogP contribution is 2.60. The highest BCUT2D eigenvalue weighted by molar-refractivity contribution is 5.90. The van der Waals surface area contributed by atoms with E-state index < -0.39 is 12.0 Å². The standard InChI is InChI=1S/C25H32N2O4/c28-22(26-15-17-5-2-1-3-6-17)16-31-23(29)21-7-4-8-27(21)24(30)25-12-18-9-19(13-25)11-20(10-18)14-25/h1-3,5-6,18-21H,4,7-16H2,(H,26,28)/t18?,19?,20?,21-,25?/m0/s1. The van der Waals surface area contributed by atoms with Crippen LogP contribution in [0.5, 0.6) is 0 Å². The van der Waals surface area contributed by atoms with E-state index in [9.17, 15) is 14.4 Å². The number of hydrogen-bond acceptors (Lipinski definition) is 4. The number of ether oxygens (including phenoxy) is 1. The first-order valence-corrected chi connectivity index (χ1v) is 11.8. The Labute approximate surface area is 183 Å². The van der Waals surface area contributed by atoms with Gasteiger partial charge in [-0.05, 0) is 74.7 Å². The van der Waals surface area contributed by atoms with E-state index in [-0.39, 0.29) is 23.8 Å². The largest absolute Gasteiger partial charge is 0.454 e. The maximum atomic E-state index is 13.7. The number of rotatable bonds is 6. The van der Waals surface area contributed by atoms with Crippen LogP contribution in [-0.4, -0.2) is 41.9 Å². The van der Waals surface area contributed by atoms with E-state index in [0.29, 0.717) is 37.3 Å². The number of hydrogen-bond donors (Lipinski definition) is 1. The summed E-state index contributed by atoms with van der Waals surface area (Å²) in [6.45, 7) is 0.722. The van der Waals surface area contributed by atoms with Crippen LogP contribution in [0.15, 0.2) is 30.3 Å². The molecule has 0 aromatic heterocycles. The van der Waals surface area contributed by atoms with Gasteiger partial charge >= 0.3 is 5.97 Å². The summed E-state index contributed by atoms with van der Waals surface area (Å²) in [5.41, 5.74) is 0.746. The molecular formula is C25H32N2O4. The van der Waals surface area contributed by atoms with Crippen molar-refractivity contribution in [1.82, 2.24) is 10.2 Å². The molecule has 2 amide bonds. The van der Waals surface area contributed by atoms with E-state index in [1.54, 1.807) is 4.90 Å². The Hall–Kier alpha value is -2.37. The molecule has 6 rings (SSSR count). The van der Waals surface area contributed by atoms with Crippen LogP contribution >= 0.6 is 0 Å². The van der Waals surface area contributed by atoms with Gasteiger partial charge in [0.2, 0.25) is 5.91 Å². The minimum Gasteiger partial charge on any atom is -0.454 e. The fourth-order valence-electron chi connectivity index (χ4n) is 7.01. The number of nitrogens with zero attached hydrogens (tertiary/aromatic N) is 1. The minimum atomic E-state index is -0.539. The lowest BCUT2D eigenvalue weighted by atomic mass is 9.49. The van der Waals surface area contributed by atoms with E-state index >= 15 is 0 Å². The van der Waals surface area contributed by atoms with Crippen LogP contribution in [-0.2, 0) is 25.7 Å². The lowest BCUT2D eigenvalue weighted by molar-refractivity contribution is -0.166. The van der Waals surface area contributed by atoms with Crippen LogP contribution in [0, 0.1) is 23.2 Å². The van der Waals surface area contributed by atoms with Gasteiger partial charge < -0.3 is 15.0 Å². The Morgan fingerprint density at radius 1 is 1.00 bits per heavy atom. The number of carbonyl (C=O) groups excluding carboxylic acids is 3. The zero-order valence-electron chi connectivity index (χ0n) is 18.1. The molecular weight excluding hydrogens is 392 g/mol. The first-order valence-electron chi connectivity index (χ1n) is 11.8. The van der Waals surface area contributed by atoms with Crippen LogP contribution in [0.1, 0.15) is 56.9 Å². The summed E-state index contributed by atoms with van der Waals surface area (Å²) in [6, 6.07) is 9.07. The number of benzene rings is 1. The third-order valence-corrected chi connectivity index (χ3v) is 7.96. The Balaban J connectivity index is 1.16. The summed E-state index contributed by atoms with van der Waals surface area (Å²) < 4.78 is 5.33. The van der Waals surface area contributed by atoms with Gasteiger partial charge in [0.1, 0.15) is 6.04 Å². The fourth-order valence-corrected chi connectivity index (χ4v) is 7.01. The van der Waals surface area contributed by atoms with Crippen molar-refractivity contribution in [3.05, 3.63) is 35.9 Å². The topological polar surface area (TPSA) is 75.7 Å². The number of carbonyl (C=O) groups is 3. The summed E-state index contributed by atoms with van der Waals surface area (Å²) >= 11 is 0. The molecule has 5 fully saturated rings. The maximum absolute atomic E-state index is 13.7. The molecule has 5 aliphatic rings. The predicted molar refractivity (Wildman–Crippen MR) is 115 cm³/mol. The smallest absolute Gasteiger partial charge is 0.329 e. The molecule has 1 atom stereocenters. The second kappa shape index (κ2) is 8.29. The molecule has 31 heavy (non-hydrogen) atoms. The molecule has 1 aliphatic heterocycles. The molecule has 1 N–H and O–H groups in total. The summed E-state index contributed by atoms with van der Waals surface area (Å²) in [5.74, 6) is 1.49. The van der Waals surface area contributed by atoms with Crippen molar-refractivity contribution in [3.8, 4) is 0 Å². The zero-order chi connectivity index (χ0) is 21.4. The molecule has 1 saturated heterocycles. The molecule has 0 spiro atoms. The van der Waals surface area contributed by atoms with Gasteiger partial charge in [0.05, 0.1) is 5.41 Å². The van der Waals surface area contributed by atoms with Crippen molar-refractivity contribution in [2.75, 3.05) is 13.2 Å². The van der Waals surface area contributed by atoms with Crippen molar-refractivity contribution < 1.29 is 19.1 Å². The van der Waals surface area contributed by atoms with Crippen molar-refractivity contribution in [3.63, 3.8) is 0 Å². The van der Waals surface area contributed by atoms with Gasteiger partial charge in [-0.2, -0.15) is 0 Å². The Morgan fingerprint density at radius 2 is 1.65 bits per heavy atom. The third-order valence-electron chi connectivity index (χ3n) is 7.96. The third kappa shape index (κ3) is 4.09. The molecule has 166 valence electrons. The Kier molecular flexibility index (Phi) is 5.49. The van der Waals surface area contributed by atoms with E-state index in [0.717, 1.165) is 31.2 Å². The molecule has 0 radical (unpaired) electrons. The Morgan fingerprint density at radius 3 is 2.29 bits per heavy atom. The minimum absolute atomic E-state index is 0.180. The summed E-state index contributed by atoms with van der Waals surface area (Å²) in [4.78, 5) is 40.3. The number of amides is 2. The van der Waals surface area contributed by atoms with E-state index in [2.05, 4.69) is 5.32 Å². The second-order valence-electron chi connectivity index (χ2n) is 10.2. The van der Waals surface area contributed by atoms with Crippen molar-refractivity contribution in [1.29, 1.82) is 0 Å². The van der Waals surface area contributed by atoms with E-state index in [1.807, 2.05) is 30.3 Å². The second-order valence-corrected chi connectivity index (χ2v) is 10.2. The summed E-state index contributed by atoms with van der Waals surface area (Å²) in [5, 5.41) is 2.77. The molecule has 0 unspecified atom stereocenters. The van der Waals surface area contributed by atoms with Crippen molar-refractivity contribution >= 4 is 17.8 Å². The van der Waals surface area contributed by atoms with Crippen LogP contribution < -0.4 is 5.32 Å². The van der Waals surface area contributed by atoms with Gasteiger partial charge in [0.25, 0.3) is 5.91 Å². The molecule has 4 bridgehead atoms. The average molecular weight is 425 g/mol. The number of nitrogens with one attached hydrogen (secondary N) is 1. The highest BCUT2D eigenvalue weighted by atomic mass is 16.5. The number of esters is 1. The molecule has 6 heteroatoms. The molecule has 6 nitrogen and oxygen atoms in total. The van der Waals surface area contributed by atoms with Crippen LogP contribution in [0.2, 0.25) is 0 Å². The summed E-state index contributed by atoms with van der Waals surface area (Å²) in [7, 11) is 0. The monoisotopic (exact) mass is 424 g/mol. The molecule has 4 saturated carbocycles. The molecule has 1 aromatic rings. The lowest BCUT2D eigenvalue weighted by Gasteiger charge is -2.56. The van der Waals surface area contributed by atoms with Crippen LogP contribution in [0.4, 0.5) is 0 Å². The molecule has 4 aliphatic carbocycles. The SMILES string of the molecule is O=C(COC(=O)[C@@H]1CCCN1C(=O)C12CC3CC(CC(C3)C1)C2)NCc1ccccc1. The van der Waals surface area contributed by atoms with E-state index in [4.69, 9.17) is 4.74 Å². The quantitative estimate of drug-likeness (QED) is 0.712. The molecule has 1 heterocycles. The van der Waals surface area contributed by atoms with Crippen molar-refractivity contribution in [2.45, 2.75) is 64.0 Å².